The van der Waals surface area contributed by atoms with Gasteiger partial charge >= 0.3 is 0 Å². The monoisotopic (exact) mass is 346 g/mol. The van der Waals surface area contributed by atoms with Crippen LogP contribution in [0.3, 0.4) is 0 Å². The van der Waals surface area contributed by atoms with Crippen molar-refractivity contribution < 1.29 is 15.0 Å². The van der Waals surface area contributed by atoms with Crippen molar-refractivity contribution >= 4 is 17.9 Å². The van der Waals surface area contributed by atoms with Crippen molar-refractivity contribution in [1.82, 2.24) is 0 Å². The molecule has 26 heavy (non-hydrogen) atoms. The first-order valence-electron chi connectivity index (χ1n) is 9.16. The van der Waals surface area contributed by atoms with Crippen molar-refractivity contribution in [3.8, 4) is 11.5 Å². The Labute approximate surface area is 153 Å². The highest BCUT2D eigenvalue weighted by Gasteiger charge is 2.36. The van der Waals surface area contributed by atoms with Crippen LogP contribution in [-0.4, -0.2) is 16.0 Å². The van der Waals surface area contributed by atoms with Gasteiger partial charge in [0.2, 0.25) is 0 Å². The molecule has 2 aromatic carbocycles. The SMILES string of the molecule is O=C(C(=Cc1cccc(O)c1)C1CC1)C(=Cc1cccc(O)c1)C1CC1. The van der Waals surface area contributed by atoms with Crippen molar-refractivity contribution in [1.29, 1.82) is 0 Å². The van der Waals surface area contributed by atoms with E-state index < -0.39 is 0 Å². The number of phenolic OH excluding ortho intramolecular Hbond substituents is 2. The Morgan fingerprint density at radius 2 is 1.19 bits per heavy atom. The van der Waals surface area contributed by atoms with Crippen LogP contribution >= 0.6 is 0 Å². The fourth-order valence-electron chi connectivity index (χ4n) is 3.28. The normalized spacial score (nSPS) is 18.0. The van der Waals surface area contributed by atoms with Crippen molar-refractivity contribution in [3.63, 3.8) is 0 Å². The first kappa shape index (κ1) is 16.6. The summed E-state index contributed by atoms with van der Waals surface area (Å²) in [5.41, 5.74) is 3.39. The minimum absolute atomic E-state index is 0.113. The van der Waals surface area contributed by atoms with Gasteiger partial charge in [-0.15, -0.1) is 0 Å². The van der Waals surface area contributed by atoms with Gasteiger partial charge in [0.05, 0.1) is 0 Å². The molecule has 3 nitrogen and oxygen atoms in total. The van der Waals surface area contributed by atoms with E-state index in [1.165, 1.54) is 0 Å². The molecule has 132 valence electrons. The molecule has 2 aliphatic carbocycles. The van der Waals surface area contributed by atoms with Crippen LogP contribution in [-0.2, 0) is 4.79 Å². The third kappa shape index (κ3) is 3.88. The predicted octanol–water partition coefficient (Wildman–Crippen LogP) is 4.95. The second-order valence-corrected chi connectivity index (χ2v) is 7.27. The molecule has 0 heterocycles. The molecule has 0 aliphatic heterocycles. The van der Waals surface area contributed by atoms with E-state index in [1.807, 2.05) is 24.3 Å². The maximum Gasteiger partial charge on any atom is 0.185 e. The molecule has 3 heteroatoms. The van der Waals surface area contributed by atoms with Gasteiger partial charge in [0, 0.05) is 11.1 Å². The highest BCUT2D eigenvalue weighted by atomic mass is 16.3. The Balaban J connectivity index is 1.69. The number of carbonyl (C=O) groups is 1. The zero-order valence-electron chi connectivity index (χ0n) is 14.6. The lowest BCUT2D eigenvalue weighted by Crippen LogP contribution is -2.10. The fourth-order valence-corrected chi connectivity index (χ4v) is 3.28. The van der Waals surface area contributed by atoms with E-state index in [-0.39, 0.29) is 17.3 Å². The van der Waals surface area contributed by atoms with Gasteiger partial charge in [0.15, 0.2) is 5.78 Å². The molecule has 2 saturated carbocycles. The summed E-state index contributed by atoms with van der Waals surface area (Å²) in [6.07, 6.45) is 8.03. The number of allylic oxidation sites excluding steroid dienone is 2. The average Bonchev–Trinajstić information content (AvgIpc) is 3.50. The van der Waals surface area contributed by atoms with Gasteiger partial charge in [0.1, 0.15) is 11.5 Å². The Morgan fingerprint density at radius 1 is 0.769 bits per heavy atom. The van der Waals surface area contributed by atoms with Crippen LogP contribution in [0.25, 0.3) is 12.2 Å². The molecule has 0 unspecified atom stereocenters. The van der Waals surface area contributed by atoms with E-state index >= 15 is 0 Å². The molecule has 0 radical (unpaired) electrons. The van der Waals surface area contributed by atoms with E-state index in [0.29, 0.717) is 11.8 Å². The number of carbonyl (C=O) groups excluding carboxylic acids is 1. The van der Waals surface area contributed by atoms with E-state index in [1.54, 1.807) is 36.4 Å². The minimum atomic E-state index is 0.113. The fraction of sp³-hybridized carbons (Fsp3) is 0.261. The lowest BCUT2D eigenvalue weighted by molar-refractivity contribution is -0.112. The third-order valence-electron chi connectivity index (χ3n) is 4.94. The molecule has 2 aromatic rings. The van der Waals surface area contributed by atoms with Crippen LogP contribution in [0.15, 0.2) is 59.7 Å². The highest BCUT2D eigenvalue weighted by Crippen LogP contribution is 2.44. The van der Waals surface area contributed by atoms with Gasteiger partial charge in [-0.1, -0.05) is 24.3 Å². The summed E-state index contributed by atoms with van der Waals surface area (Å²) < 4.78 is 0. The summed E-state index contributed by atoms with van der Waals surface area (Å²) in [6.45, 7) is 0. The van der Waals surface area contributed by atoms with Crippen LogP contribution in [0.1, 0.15) is 36.8 Å². The summed E-state index contributed by atoms with van der Waals surface area (Å²) in [4.78, 5) is 13.3. The molecule has 0 saturated heterocycles. The van der Waals surface area contributed by atoms with Crippen molar-refractivity contribution in [3.05, 3.63) is 70.8 Å². The summed E-state index contributed by atoms with van der Waals surface area (Å²) in [5.74, 6) is 1.16. The highest BCUT2D eigenvalue weighted by molar-refractivity contribution is 6.14. The summed E-state index contributed by atoms with van der Waals surface area (Å²) >= 11 is 0. The molecule has 0 bridgehead atoms. The second-order valence-electron chi connectivity index (χ2n) is 7.27. The van der Waals surface area contributed by atoms with Gasteiger partial charge < -0.3 is 10.2 Å². The number of phenols is 2. The van der Waals surface area contributed by atoms with Crippen LogP contribution in [0.5, 0.6) is 11.5 Å². The van der Waals surface area contributed by atoms with Crippen molar-refractivity contribution in [2.24, 2.45) is 11.8 Å². The largest absolute Gasteiger partial charge is 0.508 e. The van der Waals surface area contributed by atoms with E-state index in [2.05, 4.69) is 0 Å². The Kier molecular flexibility index (Phi) is 4.37. The van der Waals surface area contributed by atoms with Crippen molar-refractivity contribution in [2.45, 2.75) is 25.7 Å². The number of hydrogen-bond acceptors (Lipinski definition) is 3. The Bertz CT molecular complexity index is 826. The van der Waals surface area contributed by atoms with Gasteiger partial charge in [-0.2, -0.15) is 0 Å². The smallest absolute Gasteiger partial charge is 0.185 e. The first-order valence-corrected chi connectivity index (χ1v) is 9.16. The van der Waals surface area contributed by atoms with Gasteiger partial charge in [-0.25, -0.2) is 0 Å². The number of aromatic hydroxyl groups is 2. The first-order chi connectivity index (χ1) is 12.6. The number of hydrogen-bond donors (Lipinski definition) is 2. The third-order valence-corrected chi connectivity index (χ3v) is 4.94. The quantitative estimate of drug-likeness (QED) is 0.727. The maximum absolute atomic E-state index is 13.3. The zero-order valence-corrected chi connectivity index (χ0v) is 14.6. The summed E-state index contributed by atoms with van der Waals surface area (Å²) in [7, 11) is 0. The number of benzene rings is 2. The Morgan fingerprint density at radius 3 is 1.54 bits per heavy atom. The lowest BCUT2D eigenvalue weighted by Gasteiger charge is -2.10. The van der Waals surface area contributed by atoms with Gasteiger partial charge in [-0.3, -0.25) is 4.79 Å². The van der Waals surface area contributed by atoms with Crippen molar-refractivity contribution in [2.75, 3.05) is 0 Å². The molecule has 2 N–H and O–H groups in total. The molecule has 0 atom stereocenters. The molecule has 0 spiro atoms. The lowest BCUT2D eigenvalue weighted by atomic mass is 9.93. The van der Waals surface area contributed by atoms with Crippen LogP contribution < -0.4 is 0 Å². The van der Waals surface area contributed by atoms with Crippen LogP contribution in [0.4, 0.5) is 0 Å². The van der Waals surface area contributed by atoms with Crippen LogP contribution in [0.2, 0.25) is 0 Å². The molecule has 4 rings (SSSR count). The number of rotatable bonds is 6. The summed E-state index contributed by atoms with van der Waals surface area (Å²) in [6, 6.07) is 14.0. The number of Topliss-reactive ketones (excluding diaryl/α,β-unsaturated/α-hetero) is 1. The van der Waals surface area contributed by atoms with E-state index in [4.69, 9.17) is 0 Å². The molecular formula is C23H22O3. The van der Waals surface area contributed by atoms with E-state index in [0.717, 1.165) is 48.0 Å². The molecule has 2 fully saturated rings. The molecular weight excluding hydrogens is 324 g/mol. The van der Waals surface area contributed by atoms with Crippen LogP contribution in [0, 0.1) is 11.8 Å². The second kappa shape index (κ2) is 6.83. The molecule has 2 aliphatic rings. The van der Waals surface area contributed by atoms with Gasteiger partial charge in [-0.05, 0) is 85.1 Å². The number of ketones is 1. The molecule has 0 amide bonds. The maximum atomic E-state index is 13.3. The Hall–Kier alpha value is -2.81. The zero-order chi connectivity index (χ0) is 18.1. The average molecular weight is 346 g/mol. The minimum Gasteiger partial charge on any atom is -0.508 e. The topological polar surface area (TPSA) is 57.5 Å². The van der Waals surface area contributed by atoms with Gasteiger partial charge in [0.25, 0.3) is 0 Å². The van der Waals surface area contributed by atoms with E-state index in [9.17, 15) is 15.0 Å². The summed E-state index contributed by atoms with van der Waals surface area (Å²) in [5, 5.41) is 19.4. The standard InChI is InChI=1S/C23H22O3/c24-19-5-1-3-15(11-19)13-21(17-7-8-17)23(26)22(18-9-10-18)14-16-4-2-6-20(25)12-16/h1-6,11-14,17-18,24-25H,7-10H2. The molecule has 0 aromatic heterocycles. The predicted molar refractivity (Wildman–Crippen MR) is 103 cm³/mol.